The smallest absolute Gasteiger partial charge is 0.244 e. The molecule has 21 heavy (non-hydrogen) atoms. The van der Waals surface area contributed by atoms with Crippen LogP contribution in [0.4, 0.5) is 0 Å². The molecular formula is C14H19N3O3S. The molecule has 0 bridgehead atoms. The predicted molar refractivity (Wildman–Crippen MR) is 79.0 cm³/mol. The summed E-state index contributed by atoms with van der Waals surface area (Å²) < 4.78 is 33.2. The number of rotatable bonds is 5. The monoisotopic (exact) mass is 309 g/mol. The topological polar surface area (TPSA) is 98.2 Å². The highest BCUT2D eigenvalue weighted by molar-refractivity contribution is 7.89. The van der Waals surface area contributed by atoms with Crippen LogP contribution in [0.15, 0.2) is 33.8 Å². The van der Waals surface area contributed by atoms with Gasteiger partial charge in [-0.2, -0.15) is 0 Å². The maximum absolute atomic E-state index is 12.6. The van der Waals surface area contributed by atoms with Crippen LogP contribution in [0.2, 0.25) is 0 Å². The Morgan fingerprint density at radius 3 is 2.67 bits per heavy atom. The number of furan rings is 1. The summed E-state index contributed by atoms with van der Waals surface area (Å²) >= 11 is 0. The molecule has 1 unspecified atom stereocenters. The molecule has 6 nitrogen and oxygen atoms in total. The van der Waals surface area contributed by atoms with E-state index in [1.165, 1.54) is 0 Å². The van der Waals surface area contributed by atoms with Crippen molar-refractivity contribution in [3.63, 3.8) is 0 Å². The van der Waals surface area contributed by atoms with Crippen molar-refractivity contribution in [2.75, 3.05) is 0 Å². The Balaban J connectivity index is 2.36. The minimum atomic E-state index is -3.71. The maximum Gasteiger partial charge on any atom is 0.244 e. The zero-order chi connectivity index (χ0) is 15.6. The molecule has 2 aromatic heterocycles. The molecule has 0 fully saturated rings. The zero-order valence-corrected chi connectivity index (χ0v) is 13.1. The summed E-state index contributed by atoms with van der Waals surface area (Å²) in [6, 6.07) is 3.18. The van der Waals surface area contributed by atoms with Crippen LogP contribution in [0.1, 0.15) is 35.6 Å². The van der Waals surface area contributed by atoms with Crippen molar-refractivity contribution < 1.29 is 12.8 Å². The van der Waals surface area contributed by atoms with Gasteiger partial charge in [-0.25, -0.2) is 13.1 Å². The van der Waals surface area contributed by atoms with Gasteiger partial charge >= 0.3 is 0 Å². The molecule has 7 heteroatoms. The second-order valence-corrected chi connectivity index (χ2v) is 6.51. The molecule has 0 saturated heterocycles. The molecule has 114 valence electrons. The van der Waals surface area contributed by atoms with Crippen molar-refractivity contribution in [2.24, 2.45) is 5.73 Å². The summed E-state index contributed by atoms with van der Waals surface area (Å²) in [5.74, 6) is 0.878. The van der Waals surface area contributed by atoms with Gasteiger partial charge in [0.2, 0.25) is 10.0 Å². The fourth-order valence-electron chi connectivity index (χ4n) is 2.29. The minimum Gasteiger partial charge on any atom is -0.465 e. The predicted octanol–water partition coefficient (Wildman–Crippen LogP) is 1.79. The van der Waals surface area contributed by atoms with Crippen molar-refractivity contribution in [1.82, 2.24) is 9.71 Å². The molecule has 0 radical (unpaired) electrons. The summed E-state index contributed by atoms with van der Waals surface area (Å²) in [5, 5.41) is 0. The van der Waals surface area contributed by atoms with Gasteiger partial charge in [-0.3, -0.25) is 4.98 Å². The standard InChI is InChI=1S/C14H19N3O3S/c1-9(12-5-4-6-16-8-12)17-21(18,19)14-11(3)20-10(2)13(14)7-15/h4-6,8-9,17H,7,15H2,1-3H3. The number of aryl methyl sites for hydroxylation is 2. The molecule has 1 atom stereocenters. The van der Waals surface area contributed by atoms with Crippen LogP contribution in [0.5, 0.6) is 0 Å². The Morgan fingerprint density at radius 1 is 1.38 bits per heavy atom. The summed E-state index contributed by atoms with van der Waals surface area (Å²) in [6.45, 7) is 5.20. The third-order valence-corrected chi connectivity index (χ3v) is 5.05. The zero-order valence-electron chi connectivity index (χ0n) is 12.3. The number of sulfonamides is 1. The molecule has 2 rings (SSSR count). The van der Waals surface area contributed by atoms with Gasteiger partial charge in [0.05, 0.1) is 0 Å². The number of nitrogens with one attached hydrogen (secondary N) is 1. The quantitative estimate of drug-likeness (QED) is 0.877. The largest absolute Gasteiger partial charge is 0.465 e. The van der Waals surface area contributed by atoms with E-state index in [0.717, 1.165) is 5.56 Å². The Morgan fingerprint density at radius 2 is 2.10 bits per heavy atom. The summed E-state index contributed by atoms with van der Waals surface area (Å²) in [4.78, 5) is 4.13. The molecule has 0 aliphatic rings. The average molecular weight is 309 g/mol. The van der Waals surface area contributed by atoms with Crippen LogP contribution in [0.25, 0.3) is 0 Å². The molecule has 0 aliphatic heterocycles. The van der Waals surface area contributed by atoms with E-state index in [0.29, 0.717) is 17.1 Å². The van der Waals surface area contributed by atoms with Crippen LogP contribution in [-0.2, 0) is 16.6 Å². The first-order valence-electron chi connectivity index (χ1n) is 6.58. The third kappa shape index (κ3) is 3.15. The fourth-order valence-corrected chi connectivity index (χ4v) is 3.98. The summed E-state index contributed by atoms with van der Waals surface area (Å²) in [6.07, 6.45) is 3.27. The molecule has 2 aromatic rings. The number of pyridine rings is 1. The molecule has 3 N–H and O–H groups in total. The second-order valence-electron chi connectivity index (χ2n) is 4.86. The number of nitrogens with zero attached hydrogens (tertiary/aromatic N) is 1. The lowest BCUT2D eigenvalue weighted by Crippen LogP contribution is -2.28. The molecular weight excluding hydrogens is 290 g/mol. The summed E-state index contributed by atoms with van der Waals surface area (Å²) in [5.41, 5.74) is 6.94. The average Bonchev–Trinajstić information content (AvgIpc) is 2.73. The van der Waals surface area contributed by atoms with Crippen LogP contribution < -0.4 is 10.5 Å². The Labute approximate surface area is 124 Å². The molecule has 0 aliphatic carbocycles. The lowest BCUT2D eigenvalue weighted by Gasteiger charge is -2.14. The van der Waals surface area contributed by atoms with E-state index in [2.05, 4.69) is 9.71 Å². The Kier molecular flexibility index (Phi) is 4.46. The molecule has 0 amide bonds. The normalized spacial score (nSPS) is 13.3. The number of nitrogens with two attached hydrogens (primary N) is 1. The number of aromatic nitrogens is 1. The van der Waals surface area contributed by atoms with Crippen LogP contribution in [0, 0.1) is 13.8 Å². The Bertz CT molecular complexity index is 723. The van der Waals surface area contributed by atoms with Gasteiger partial charge in [-0.15, -0.1) is 0 Å². The first-order valence-corrected chi connectivity index (χ1v) is 8.06. The van der Waals surface area contributed by atoms with Crippen molar-refractivity contribution in [2.45, 2.75) is 38.3 Å². The van der Waals surface area contributed by atoms with Gasteiger partial charge in [0, 0.05) is 30.5 Å². The number of hydrogen-bond acceptors (Lipinski definition) is 5. The van der Waals surface area contributed by atoms with Crippen molar-refractivity contribution in [3.05, 3.63) is 47.2 Å². The molecule has 0 spiro atoms. The van der Waals surface area contributed by atoms with Gasteiger partial charge in [0.25, 0.3) is 0 Å². The van der Waals surface area contributed by atoms with Crippen LogP contribution >= 0.6 is 0 Å². The van der Waals surface area contributed by atoms with E-state index in [1.54, 1.807) is 39.2 Å². The first-order chi connectivity index (χ1) is 9.86. The van der Waals surface area contributed by atoms with Gasteiger partial charge < -0.3 is 10.2 Å². The van der Waals surface area contributed by atoms with Crippen LogP contribution in [0.3, 0.4) is 0 Å². The van der Waals surface area contributed by atoms with E-state index in [1.807, 2.05) is 6.07 Å². The van der Waals surface area contributed by atoms with Crippen molar-refractivity contribution in [3.8, 4) is 0 Å². The highest BCUT2D eigenvalue weighted by Gasteiger charge is 2.27. The van der Waals surface area contributed by atoms with Crippen LogP contribution in [-0.4, -0.2) is 13.4 Å². The van der Waals surface area contributed by atoms with Gasteiger partial charge in [-0.1, -0.05) is 6.07 Å². The lowest BCUT2D eigenvalue weighted by molar-refractivity contribution is 0.493. The van der Waals surface area contributed by atoms with E-state index >= 15 is 0 Å². The molecule has 2 heterocycles. The highest BCUT2D eigenvalue weighted by Crippen LogP contribution is 2.27. The molecule has 0 saturated carbocycles. The SMILES string of the molecule is Cc1oc(C)c(S(=O)(=O)NC(C)c2cccnc2)c1CN. The lowest BCUT2D eigenvalue weighted by atomic mass is 10.2. The van der Waals surface area contributed by atoms with Crippen molar-refractivity contribution in [1.29, 1.82) is 0 Å². The first kappa shape index (κ1) is 15.7. The van der Waals surface area contributed by atoms with E-state index < -0.39 is 16.1 Å². The van der Waals surface area contributed by atoms with Gasteiger partial charge in [0.1, 0.15) is 16.4 Å². The van der Waals surface area contributed by atoms with Gasteiger partial charge in [0.15, 0.2) is 0 Å². The Hall–Kier alpha value is -1.70. The van der Waals surface area contributed by atoms with E-state index in [4.69, 9.17) is 10.2 Å². The minimum absolute atomic E-state index is 0.112. The van der Waals surface area contributed by atoms with E-state index in [9.17, 15) is 8.42 Å². The third-order valence-electron chi connectivity index (χ3n) is 3.31. The second kappa shape index (κ2) is 5.97. The number of hydrogen-bond donors (Lipinski definition) is 2. The van der Waals surface area contributed by atoms with Crippen molar-refractivity contribution >= 4 is 10.0 Å². The van der Waals surface area contributed by atoms with E-state index in [-0.39, 0.29) is 11.4 Å². The van der Waals surface area contributed by atoms with Gasteiger partial charge in [-0.05, 0) is 32.4 Å². The molecule has 0 aromatic carbocycles. The fraction of sp³-hybridized carbons (Fsp3) is 0.357. The maximum atomic E-state index is 12.6. The highest BCUT2D eigenvalue weighted by atomic mass is 32.2. The summed E-state index contributed by atoms with van der Waals surface area (Å²) in [7, 11) is -3.71.